The van der Waals surface area contributed by atoms with Gasteiger partial charge in [0.25, 0.3) is 5.91 Å². The molecule has 1 saturated carbocycles. The van der Waals surface area contributed by atoms with E-state index < -0.39 is 0 Å². The van der Waals surface area contributed by atoms with Crippen LogP contribution in [0.2, 0.25) is 0 Å². The number of amides is 1. The smallest absolute Gasteiger partial charge is 0.255 e. The van der Waals surface area contributed by atoms with Gasteiger partial charge in [-0.2, -0.15) is 0 Å². The van der Waals surface area contributed by atoms with Crippen LogP contribution in [0.1, 0.15) is 29.6 Å². The normalized spacial score (nSPS) is 17.3. The van der Waals surface area contributed by atoms with Gasteiger partial charge in [0.2, 0.25) is 0 Å². The molecule has 3 nitrogen and oxygen atoms in total. The van der Waals surface area contributed by atoms with Gasteiger partial charge in [-0.25, -0.2) is 0 Å². The van der Waals surface area contributed by atoms with Gasteiger partial charge in [-0.15, -0.1) is 0 Å². The Hall–Kier alpha value is -0.300. The fraction of sp³-hybridized carbons (Fsp3) is 0.417. The fourth-order valence-corrected chi connectivity index (χ4v) is 3.09. The molecule has 1 aliphatic carbocycles. The third-order valence-corrected chi connectivity index (χ3v) is 4.89. The molecule has 0 bridgehead atoms. The van der Waals surface area contributed by atoms with Crippen LogP contribution in [-0.4, -0.2) is 21.9 Å². The maximum Gasteiger partial charge on any atom is 0.255 e. The Balaban J connectivity index is 2.17. The van der Waals surface area contributed by atoms with E-state index in [4.69, 9.17) is 0 Å². The molecule has 2 rings (SSSR count). The van der Waals surface area contributed by atoms with Crippen molar-refractivity contribution in [2.75, 3.05) is 5.33 Å². The molecule has 0 unspecified atom stereocenters. The van der Waals surface area contributed by atoms with Crippen molar-refractivity contribution in [2.45, 2.75) is 24.8 Å². The monoisotopic (exact) mass is 409 g/mol. The lowest BCUT2D eigenvalue weighted by Crippen LogP contribution is -2.54. The van der Waals surface area contributed by atoms with Gasteiger partial charge in [0.05, 0.1) is 11.1 Å². The summed E-state index contributed by atoms with van der Waals surface area (Å²) in [7, 11) is 0. The molecule has 0 aliphatic heterocycles. The Labute approximate surface area is 122 Å². The number of phenolic OH excluding ortho intramolecular Hbond substituents is 1. The SMILES string of the molecule is O=C(NC1(CBr)CCC1)c1cc(I)ccc1O. The number of benzene rings is 1. The number of phenols is 1. The van der Waals surface area contributed by atoms with Crippen molar-refractivity contribution in [3.63, 3.8) is 0 Å². The van der Waals surface area contributed by atoms with Crippen molar-refractivity contribution in [3.05, 3.63) is 27.3 Å². The van der Waals surface area contributed by atoms with Gasteiger partial charge in [-0.05, 0) is 60.1 Å². The van der Waals surface area contributed by atoms with E-state index in [9.17, 15) is 9.90 Å². The molecule has 92 valence electrons. The maximum absolute atomic E-state index is 12.1. The Kier molecular flexibility index (Phi) is 3.97. The van der Waals surface area contributed by atoms with Crippen molar-refractivity contribution < 1.29 is 9.90 Å². The second kappa shape index (κ2) is 5.14. The molecule has 1 aromatic carbocycles. The standard InChI is InChI=1S/C12H13BrINO2/c13-7-12(4-1-5-12)15-11(17)9-6-8(14)2-3-10(9)16/h2-3,6,16H,1,4-5,7H2,(H,15,17). The Morgan fingerprint density at radius 1 is 1.53 bits per heavy atom. The molecule has 0 aromatic heterocycles. The lowest BCUT2D eigenvalue weighted by molar-refractivity contribution is 0.0853. The molecule has 0 saturated heterocycles. The summed E-state index contributed by atoms with van der Waals surface area (Å²) in [5.41, 5.74) is 0.231. The molecule has 1 aromatic rings. The van der Waals surface area contributed by atoms with E-state index in [1.807, 2.05) is 0 Å². The number of aromatic hydroxyl groups is 1. The van der Waals surface area contributed by atoms with E-state index in [-0.39, 0.29) is 17.2 Å². The molecule has 0 spiro atoms. The van der Waals surface area contributed by atoms with E-state index >= 15 is 0 Å². The third-order valence-electron chi connectivity index (χ3n) is 3.15. The van der Waals surface area contributed by atoms with E-state index in [1.54, 1.807) is 18.2 Å². The average molecular weight is 410 g/mol. The van der Waals surface area contributed by atoms with Crippen LogP contribution < -0.4 is 5.32 Å². The number of halogens is 2. The van der Waals surface area contributed by atoms with Crippen LogP contribution in [-0.2, 0) is 0 Å². The van der Waals surface area contributed by atoms with Crippen LogP contribution in [0.5, 0.6) is 5.75 Å². The van der Waals surface area contributed by atoms with Gasteiger partial charge < -0.3 is 10.4 Å². The minimum atomic E-state index is -0.194. The third kappa shape index (κ3) is 2.76. The predicted octanol–water partition coefficient (Wildman–Crippen LogP) is 3.04. The van der Waals surface area contributed by atoms with Crippen LogP contribution >= 0.6 is 38.5 Å². The molecular formula is C12H13BrINO2. The van der Waals surface area contributed by atoms with Gasteiger partial charge in [-0.1, -0.05) is 15.9 Å². The summed E-state index contributed by atoms with van der Waals surface area (Å²) in [4.78, 5) is 12.1. The minimum absolute atomic E-state index is 0.0342. The Morgan fingerprint density at radius 2 is 2.24 bits per heavy atom. The number of carbonyl (C=O) groups excluding carboxylic acids is 1. The van der Waals surface area contributed by atoms with Crippen molar-refractivity contribution in [1.82, 2.24) is 5.32 Å². The number of rotatable bonds is 3. The zero-order valence-electron chi connectivity index (χ0n) is 9.17. The summed E-state index contributed by atoms with van der Waals surface area (Å²) in [5.74, 6) is -0.160. The van der Waals surface area contributed by atoms with Crippen molar-refractivity contribution in [1.29, 1.82) is 0 Å². The van der Waals surface area contributed by atoms with E-state index in [0.29, 0.717) is 5.56 Å². The van der Waals surface area contributed by atoms with Gasteiger partial charge in [0, 0.05) is 8.90 Å². The van der Waals surface area contributed by atoms with E-state index in [2.05, 4.69) is 43.8 Å². The molecule has 0 atom stereocenters. The molecule has 5 heteroatoms. The molecule has 2 N–H and O–H groups in total. The first-order valence-electron chi connectivity index (χ1n) is 5.43. The quantitative estimate of drug-likeness (QED) is 0.595. The summed E-state index contributed by atoms with van der Waals surface area (Å²) >= 11 is 5.56. The zero-order chi connectivity index (χ0) is 12.5. The second-order valence-corrected chi connectivity index (χ2v) is 6.19. The lowest BCUT2D eigenvalue weighted by Gasteiger charge is -2.41. The van der Waals surface area contributed by atoms with Gasteiger partial charge >= 0.3 is 0 Å². The predicted molar refractivity (Wildman–Crippen MR) is 78.7 cm³/mol. The van der Waals surface area contributed by atoms with E-state index in [0.717, 1.165) is 28.2 Å². The van der Waals surface area contributed by atoms with Crippen LogP contribution in [0.4, 0.5) is 0 Å². The second-order valence-electron chi connectivity index (χ2n) is 4.38. The fourth-order valence-electron chi connectivity index (χ4n) is 1.89. The summed E-state index contributed by atoms with van der Waals surface area (Å²) in [6.07, 6.45) is 3.13. The summed E-state index contributed by atoms with van der Waals surface area (Å²) in [5, 5.41) is 13.5. The van der Waals surface area contributed by atoms with Crippen molar-refractivity contribution >= 4 is 44.4 Å². The average Bonchev–Trinajstić information content (AvgIpc) is 2.26. The highest BCUT2D eigenvalue weighted by atomic mass is 127. The highest BCUT2D eigenvalue weighted by Crippen LogP contribution is 2.34. The van der Waals surface area contributed by atoms with Crippen LogP contribution in [0.25, 0.3) is 0 Å². The highest BCUT2D eigenvalue weighted by Gasteiger charge is 2.37. The van der Waals surface area contributed by atoms with Crippen LogP contribution in [0.15, 0.2) is 18.2 Å². The van der Waals surface area contributed by atoms with Crippen molar-refractivity contribution in [2.24, 2.45) is 0 Å². The maximum atomic E-state index is 12.1. The summed E-state index contributed by atoms with van der Waals surface area (Å²) in [6, 6.07) is 5.03. The molecule has 1 aliphatic rings. The Bertz CT molecular complexity index is 441. The molecule has 0 radical (unpaired) electrons. The number of carbonyl (C=O) groups is 1. The molecule has 0 heterocycles. The first kappa shape index (κ1) is 13.1. The minimum Gasteiger partial charge on any atom is -0.507 e. The molecule has 1 amide bonds. The molecule has 17 heavy (non-hydrogen) atoms. The van der Waals surface area contributed by atoms with Crippen molar-refractivity contribution in [3.8, 4) is 5.75 Å². The van der Waals surface area contributed by atoms with Crippen LogP contribution in [0, 0.1) is 3.57 Å². The highest BCUT2D eigenvalue weighted by molar-refractivity contribution is 14.1. The number of hydrogen-bond donors (Lipinski definition) is 2. The lowest BCUT2D eigenvalue weighted by atomic mass is 9.78. The molecular weight excluding hydrogens is 397 g/mol. The summed E-state index contributed by atoms with van der Waals surface area (Å²) in [6.45, 7) is 0. The largest absolute Gasteiger partial charge is 0.507 e. The van der Waals surface area contributed by atoms with Gasteiger partial charge in [0.1, 0.15) is 5.75 Å². The number of alkyl halides is 1. The topological polar surface area (TPSA) is 49.3 Å². The number of hydrogen-bond acceptors (Lipinski definition) is 2. The molecule has 1 fully saturated rings. The summed E-state index contributed by atoms with van der Waals surface area (Å²) < 4.78 is 0.937. The van der Waals surface area contributed by atoms with Gasteiger partial charge in [-0.3, -0.25) is 4.79 Å². The van der Waals surface area contributed by atoms with Crippen LogP contribution in [0.3, 0.4) is 0 Å². The number of nitrogens with one attached hydrogen (secondary N) is 1. The van der Waals surface area contributed by atoms with E-state index in [1.165, 1.54) is 0 Å². The zero-order valence-corrected chi connectivity index (χ0v) is 12.9. The first-order valence-corrected chi connectivity index (χ1v) is 7.63. The first-order chi connectivity index (χ1) is 8.06. The Morgan fingerprint density at radius 3 is 2.76 bits per heavy atom. The van der Waals surface area contributed by atoms with Gasteiger partial charge in [0.15, 0.2) is 0 Å².